The van der Waals surface area contributed by atoms with Crippen LogP contribution in [0.3, 0.4) is 0 Å². The minimum absolute atomic E-state index is 0.442. The highest BCUT2D eigenvalue weighted by atomic mass is 16.3. The third-order valence-electron chi connectivity index (χ3n) is 1.82. The Kier molecular flexibility index (Phi) is 2.65. The number of anilines is 1. The number of hydrogen-bond acceptors (Lipinski definition) is 3. The van der Waals surface area contributed by atoms with Crippen molar-refractivity contribution in [3.8, 4) is 0 Å². The monoisotopic (exact) mass is 166 g/mol. The molecule has 0 amide bonds. The number of aryl methyl sites for hydroxylation is 1. The zero-order chi connectivity index (χ0) is 9.14. The first-order valence-corrected chi connectivity index (χ1v) is 3.97. The maximum Gasteiger partial charge on any atom is 0.128 e. The van der Waals surface area contributed by atoms with Gasteiger partial charge in [-0.1, -0.05) is 0 Å². The number of nitrogens with zero attached hydrogens (tertiary/aromatic N) is 1. The second-order valence-electron chi connectivity index (χ2n) is 2.86. The highest BCUT2D eigenvalue weighted by Gasteiger charge is 2.03. The molecule has 0 aliphatic carbocycles. The molecule has 0 aliphatic heterocycles. The van der Waals surface area contributed by atoms with Gasteiger partial charge in [0.05, 0.1) is 6.10 Å². The predicted molar refractivity (Wildman–Crippen MR) is 49.2 cm³/mol. The predicted octanol–water partition coefficient (Wildman–Crippen LogP) is 1.49. The van der Waals surface area contributed by atoms with Crippen molar-refractivity contribution in [2.24, 2.45) is 0 Å². The van der Waals surface area contributed by atoms with Gasteiger partial charge in [-0.05, 0) is 31.0 Å². The van der Waals surface area contributed by atoms with E-state index >= 15 is 0 Å². The van der Waals surface area contributed by atoms with Crippen LogP contribution in [0.15, 0.2) is 12.3 Å². The Hall–Kier alpha value is -1.09. The van der Waals surface area contributed by atoms with E-state index in [-0.39, 0.29) is 0 Å². The molecule has 3 heteroatoms. The molecule has 1 aromatic heterocycles. The Morgan fingerprint density at radius 2 is 2.25 bits per heavy atom. The summed E-state index contributed by atoms with van der Waals surface area (Å²) in [6.07, 6.45) is 1.24. The highest BCUT2D eigenvalue weighted by molar-refractivity contribution is 5.44. The minimum atomic E-state index is -0.442. The molecule has 3 nitrogen and oxygen atoms in total. The molecule has 0 saturated carbocycles. The first-order valence-electron chi connectivity index (χ1n) is 3.97. The lowest BCUT2D eigenvalue weighted by molar-refractivity contribution is 0.199. The van der Waals surface area contributed by atoms with Crippen molar-refractivity contribution in [1.82, 2.24) is 4.98 Å². The Balaban J connectivity index is 3.02. The van der Waals surface area contributed by atoms with Crippen LogP contribution in [0.4, 0.5) is 5.82 Å². The SMILES string of the molecule is CNc1ncc([C@@H](C)O)cc1C. The minimum Gasteiger partial charge on any atom is -0.389 e. The molecule has 0 spiro atoms. The standard InChI is InChI=1S/C9H14N2O/c1-6-4-8(7(2)12)5-11-9(6)10-3/h4-5,7,12H,1-3H3,(H,10,11)/t7-/m1/s1. The van der Waals surface area contributed by atoms with Crippen molar-refractivity contribution in [1.29, 1.82) is 0 Å². The van der Waals surface area contributed by atoms with E-state index in [4.69, 9.17) is 0 Å². The van der Waals surface area contributed by atoms with Gasteiger partial charge in [-0.2, -0.15) is 0 Å². The fraction of sp³-hybridized carbons (Fsp3) is 0.444. The number of pyridine rings is 1. The Labute approximate surface area is 72.5 Å². The summed E-state index contributed by atoms with van der Waals surface area (Å²) < 4.78 is 0. The van der Waals surface area contributed by atoms with Gasteiger partial charge >= 0.3 is 0 Å². The van der Waals surface area contributed by atoms with E-state index in [0.717, 1.165) is 16.9 Å². The summed E-state index contributed by atoms with van der Waals surface area (Å²) in [5.41, 5.74) is 1.91. The summed E-state index contributed by atoms with van der Waals surface area (Å²) >= 11 is 0. The molecule has 0 bridgehead atoms. The number of rotatable bonds is 2. The topological polar surface area (TPSA) is 45.2 Å². The molecule has 1 rings (SSSR count). The second kappa shape index (κ2) is 3.54. The van der Waals surface area contributed by atoms with Gasteiger partial charge in [-0.3, -0.25) is 0 Å². The molecular formula is C9H14N2O. The number of aliphatic hydroxyl groups is 1. The van der Waals surface area contributed by atoms with Crippen LogP contribution in [0.1, 0.15) is 24.2 Å². The zero-order valence-corrected chi connectivity index (χ0v) is 7.63. The van der Waals surface area contributed by atoms with Gasteiger partial charge in [0, 0.05) is 13.2 Å². The van der Waals surface area contributed by atoms with Crippen LogP contribution in [0.25, 0.3) is 0 Å². The van der Waals surface area contributed by atoms with E-state index in [1.54, 1.807) is 13.1 Å². The van der Waals surface area contributed by atoms with Crippen LogP contribution in [0.2, 0.25) is 0 Å². The average Bonchev–Trinajstić information content (AvgIpc) is 2.04. The van der Waals surface area contributed by atoms with Gasteiger partial charge in [-0.15, -0.1) is 0 Å². The summed E-state index contributed by atoms with van der Waals surface area (Å²) in [6.45, 7) is 3.69. The third kappa shape index (κ3) is 1.74. The molecule has 1 heterocycles. The molecular weight excluding hydrogens is 152 g/mol. The van der Waals surface area contributed by atoms with Crippen molar-refractivity contribution in [2.75, 3.05) is 12.4 Å². The lowest BCUT2D eigenvalue weighted by Crippen LogP contribution is -1.99. The first-order chi connectivity index (χ1) is 5.65. The molecule has 66 valence electrons. The van der Waals surface area contributed by atoms with Crippen LogP contribution in [0, 0.1) is 6.92 Å². The van der Waals surface area contributed by atoms with Crippen LogP contribution < -0.4 is 5.32 Å². The van der Waals surface area contributed by atoms with Crippen LogP contribution in [-0.2, 0) is 0 Å². The van der Waals surface area contributed by atoms with Crippen molar-refractivity contribution in [2.45, 2.75) is 20.0 Å². The second-order valence-corrected chi connectivity index (χ2v) is 2.86. The highest BCUT2D eigenvalue weighted by Crippen LogP contribution is 2.16. The molecule has 0 aliphatic rings. The summed E-state index contributed by atoms with van der Waals surface area (Å²) in [4.78, 5) is 4.15. The van der Waals surface area contributed by atoms with E-state index in [9.17, 15) is 5.11 Å². The van der Waals surface area contributed by atoms with Crippen LogP contribution in [0.5, 0.6) is 0 Å². The molecule has 1 aromatic rings. The molecule has 1 atom stereocenters. The van der Waals surface area contributed by atoms with Gasteiger partial charge in [0.1, 0.15) is 5.82 Å². The van der Waals surface area contributed by atoms with Crippen molar-refractivity contribution in [3.05, 3.63) is 23.4 Å². The maximum atomic E-state index is 9.25. The largest absolute Gasteiger partial charge is 0.389 e. The summed E-state index contributed by atoms with van der Waals surface area (Å²) in [7, 11) is 1.83. The Morgan fingerprint density at radius 3 is 2.67 bits per heavy atom. The van der Waals surface area contributed by atoms with Crippen molar-refractivity contribution in [3.63, 3.8) is 0 Å². The first kappa shape index (κ1) is 9.00. The number of hydrogen-bond donors (Lipinski definition) is 2. The van der Waals surface area contributed by atoms with E-state index in [0.29, 0.717) is 0 Å². The summed E-state index contributed by atoms with van der Waals surface area (Å²) in [6, 6.07) is 1.93. The van der Waals surface area contributed by atoms with Crippen LogP contribution >= 0.6 is 0 Å². The van der Waals surface area contributed by atoms with Gasteiger partial charge in [0.15, 0.2) is 0 Å². The van der Waals surface area contributed by atoms with E-state index in [1.165, 1.54) is 0 Å². The van der Waals surface area contributed by atoms with Crippen LogP contribution in [-0.4, -0.2) is 17.1 Å². The number of aromatic nitrogens is 1. The molecule has 0 fully saturated rings. The summed E-state index contributed by atoms with van der Waals surface area (Å²) in [5.74, 6) is 0.861. The molecule has 0 saturated heterocycles. The molecule has 12 heavy (non-hydrogen) atoms. The van der Waals surface area contributed by atoms with Crippen molar-refractivity contribution >= 4 is 5.82 Å². The average molecular weight is 166 g/mol. The molecule has 2 N–H and O–H groups in total. The zero-order valence-electron chi connectivity index (χ0n) is 7.63. The molecule has 0 radical (unpaired) electrons. The van der Waals surface area contributed by atoms with Gasteiger partial charge in [0.2, 0.25) is 0 Å². The third-order valence-corrected chi connectivity index (χ3v) is 1.82. The fourth-order valence-electron chi connectivity index (χ4n) is 1.09. The number of aliphatic hydroxyl groups excluding tert-OH is 1. The quantitative estimate of drug-likeness (QED) is 0.699. The van der Waals surface area contributed by atoms with E-state index < -0.39 is 6.10 Å². The lowest BCUT2D eigenvalue weighted by atomic mass is 10.1. The fourth-order valence-corrected chi connectivity index (χ4v) is 1.09. The Morgan fingerprint density at radius 1 is 1.58 bits per heavy atom. The van der Waals surface area contributed by atoms with E-state index in [1.807, 2.05) is 20.0 Å². The molecule has 0 unspecified atom stereocenters. The van der Waals surface area contributed by atoms with Gasteiger partial charge in [0.25, 0.3) is 0 Å². The van der Waals surface area contributed by atoms with Crippen molar-refractivity contribution < 1.29 is 5.11 Å². The van der Waals surface area contributed by atoms with Gasteiger partial charge < -0.3 is 10.4 Å². The molecule has 0 aromatic carbocycles. The van der Waals surface area contributed by atoms with Gasteiger partial charge in [-0.25, -0.2) is 4.98 Å². The number of nitrogens with one attached hydrogen (secondary N) is 1. The summed E-state index contributed by atoms with van der Waals surface area (Å²) in [5, 5.41) is 12.2. The lowest BCUT2D eigenvalue weighted by Gasteiger charge is -2.08. The maximum absolute atomic E-state index is 9.25. The normalized spacial score (nSPS) is 12.7. The Bertz CT molecular complexity index is 271. The van der Waals surface area contributed by atoms with E-state index in [2.05, 4.69) is 10.3 Å². The smallest absolute Gasteiger partial charge is 0.128 e.